The monoisotopic (exact) mass is 436 g/mol. The minimum atomic E-state index is -3.56. The van der Waals surface area contributed by atoms with Crippen molar-refractivity contribution in [2.24, 2.45) is 11.8 Å². The first-order chi connectivity index (χ1) is 14.2. The Morgan fingerprint density at radius 3 is 2.13 bits per heavy atom. The highest BCUT2D eigenvalue weighted by atomic mass is 32.2. The number of sulfonamides is 1. The Hall–Kier alpha value is -1.93. The number of aryl methyl sites for hydroxylation is 1. The first-order valence-electron chi connectivity index (χ1n) is 10.7. The quantitative estimate of drug-likeness (QED) is 0.663. The molecule has 30 heavy (non-hydrogen) atoms. The summed E-state index contributed by atoms with van der Waals surface area (Å²) in [5.41, 5.74) is 0.998. The van der Waals surface area contributed by atoms with Gasteiger partial charge in [0.1, 0.15) is 0 Å². The van der Waals surface area contributed by atoms with Crippen molar-refractivity contribution in [3.05, 3.63) is 29.8 Å². The maximum atomic E-state index is 12.8. The number of amides is 1. The normalized spacial score (nSPS) is 20.7. The molecule has 2 saturated heterocycles. The molecule has 8 heteroatoms. The van der Waals surface area contributed by atoms with Crippen LogP contribution >= 0.6 is 0 Å². The van der Waals surface area contributed by atoms with Crippen LogP contribution < -0.4 is 0 Å². The van der Waals surface area contributed by atoms with Crippen LogP contribution in [0.2, 0.25) is 0 Å². The van der Waals surface area contributed by atoms with E-state index in [1.165, 1.54) is 4.31 Å². The van der Waals surface area contributed by atoms with Crippen LogP contribution in [0.1, 0.15) is 45.1 Å². The Kier molecular flexibility index (Phi) is 7.18. The van der Waals surface area contributed by atoms with Gasteiger partial charge in [-0.2, -0.15) is 4.31 Å². The summed E-state index contributed by atoms with van der Waals surface area (Å²) >= 11 is 0. The van der Waals surface area contributed by atoms with E-state index in [0.29, 0.717) is 31.8 Å². The van der Waals surface area contributed by atoms with Gasteiger partial charge in [-0.25, -0.2) is 8.42 Å². The zero-order chi connectivity index (χ0) is 21.9. The molecule has 2 aliphatic heterocycles. The molecule has 0 radical (unpaired) electrons. The Bertz CT molecular complexity index is 852. The molecule has 2 heterocycles. The SMILES string of the molecule is Cc1ccc(S(=O)(=O)N2CCC(C(=O)OC(C)C(=O)N3CCC(C)CC3)CC2)cc1. The molecule has 1 amide bonds. The highest BCUT2D eigenvalue weighted by molar-refractivity contribution is 7.89. The first-order valence-corrected chi connectivity index (χ1v) is 12.2. The maximum Gasteiger partial charge on any atom is 0.309 e. The van der Waals surface area contributed by atoms with E-state index in [4.69, 9.17) is 4.74 Å². The van der Waals surface area contributed by atoms with Crippen LogP contribution in [-0.2, 0) is 24.3 Å². The number of rotatable bonds is 5. The third kappa shape index (κ3) is 5.21. The lowest BCUT2D eigenvalue weighted by molar-refractivity contribution is -0.164. The molecule has 0 aliphatic carbocycles. The molecule has 2 fully saturated rings. The topological polar surface area (TPSA) is 84.0 Å². The number of piperidine rings is 2. The Morgan fingerprint density at radius 2 is 1.57 bits per heavy atom. The molecule has 7 nitrogen and oxygen atoms in total. The second-order valence-electron chi connectivity index (χ2n) is 8.58. The van der Waals surface area contributed by atoms with Gasteiger partial charge in [-0.3, -0.25) is 9.59 Å². The number of esters is 1. The molecule has 1 atom stereocenters. The predicted octanol–water partition coefficient (Wildman–Crippen LogP) is 2.59. The van der Waals surface area contributed by atoms with Gasteiger partial charge in [-0.1, -0.05) is 24.6 Å². The standard InChI is InChI=1S/C22H32N2O5S/c1-16-4-6-20(7-5-16)30(27,28)24-14-10-19(11-15-24)22(26)29-18(3)21(25)23-12-8-17(2)9-13-23/h4-7,17-19H,8-15H2,1-3H3. The zero-order valence-electron chi connectivity index (χ0n) is 18.0. The van der Waals surface area contributed by atoms with Crippen LogP contribution in [0.5, 0.6) is 0 Å². The van der Waals surface area contributed by atoms with Gasteiger partial charge in [0.2, 0.25) is 10.0 Å². The summed E-state index contributed by atoms with van der Waals surface area (Å²) in [5.74, 6) is -0.317. The minimum absolute atomic E-state index is 0.144. The molecule has 0 spiro atoms. The molecular formula is C22H32N2O5S. The van der Waals surface area contributed by atoms with Gasteiger partial charge in [0.25, 0.3) is 5.91 Å². The lowest BCUT2D eigenvalue weighted by atomic mass is 9.98. The van der Waals surface area contributed by atoms with Crippen LogP contribution in [0.4, 0.5) is 0 Å². The van der Waals surface area contributed by atoms with Gasteiger partial charge in [0.05, 0.1) is 10.8 Å². The van der Waals surface area contributed by atoms with E-state index in [1.54, 1.807) is 36.1 Å². The number of benzene rings is 1. The summed E-state index contributed by atoms with van der Waals surface area (Å²) in [6, 6.07) is 6.77. The lowest BCUT2D eigenvalue weighted by Crippen LogP contribution is -2.45. The van der Waals surface area contributed by atoms with Crippen LogP contribution in [0.15, 0.2) is 29.2 Å². The van der Waals surface area contributed by atoms with Crippen molar-refractivity contribution in [2.75, 3.05) is 26.2 Å². The Labute approximate surface area is 179 Å². The van der Waals surface area contributed by atoms with Crippen LogP contribution in [0.3, 0.4) is 0 Å². The molecule has 1 unspecified atom stereocenters. The number of hydrogen-bond donors (Lipinski definition) is 0. The molecule has 3 rings (SSSR count). The highest BCUT2D eigenvalue weighted by Crippen LogP contribution is 2.25. The van der Waals surface area contributed by atoms with E-state index < -0.39 is 22.1 Å². The number of hydrogen-bond acceptors (Lipinski definition) is 5. The molecule has 1 aromatic carbocycles. The highest BCUT2D eigenvalue weighted by Gasteiger charge is 2.34. The van der Waals surface area contributed by atoms with Gasteiger partial charge in [-0.05, 0) is 57.6 Å². The lowest BCUT2D eigenvalue weighted by Gasteiger charge is -2.33. The zero-order valence-corrected chi connectivity index (χ0v) is 18.9. The summed E-state index contributed by atoms with van der Waals surface area (Å²) in [6.45, 7) is 7.65. The summed E-state index contributed by atoms with van der Waals surface area (Å²) in [5, 5.41) is 0. The number of carbonyl (C=O) groups excluding carboxylic acids is 2. The van der Waals surface area contributed by atoms with E-state index in [-0.39, 0.29) is 29.8 Å². The van der Waals surface area contributed by atoms with Crippen molar-refractivity contribution >= 4 is 21.9 Å². The fourth-order valence-electron chi connectivity index (χ4n) is 4.00. The van der Waals surface area contributed by atoms with Crippen LogP contribution in [-0.4, -0.2) is 61.8 Å². The molecule has 1 aromatic rings. The van der Waals surface area contributed by atoms with Gasteiger partial charge >= 0.3 is 5.97 Å². The molecule has 0 N–H and O–H groups in total. The molecule has 2 aliphatic rings. The van der Waals surface area contributed by atoms with Gasteiger partial charge in [0, 0.05) is 26.2 Å². The van der Waals surface area contributed by atoms with E-state index >= 15 is 0 Å². The molecule has 0 saturated carbocycles. The summed E-state index contributed by atoms with van der Waals surface area (Å²) in [4.78, 5) is 27.1. The van der Waals surface area contributed by atoms with Crippen LogP contribution in [0.25, 0.3) is 0 Å². The Morgan fingerprint density at radius 1 is 1.00 bits per heavy atom. The van der Waals surface area contributed by atoms with E-state index in [1.807, 2.05) is 6.92 Å². The third-order valence-corrected chi connectivity index (χ3v) is 8.09. The largest absolute Gasteiger partial charge is 0.452 e. The van der Waals surface area contributed by atoms with Crippen molar-refractivity contribution in [1.29, 1.82) is 0 Å². The maximum absolute atomic E-state index is 12.8. The number of likely N-dealkylation sites (tertiary alicyclic amines) is 1. The van der Waals surface area contributed by atoms with Gasteiger partial charge in [0.15, 0.2) is 6.10 Å². The smallest absolute Gasteiger partial charge is 0.309 e. The van der Waals surface area contributed by atoms with E-state index in [2.05, 4.69) is 6.92 Å². The van der Waals surface area contributed by atoms with Crippen molar-refractivity contribution in [2.45, 2.75) is 57.5 Å². The molecule has 0 aromatic heterocycles. The van der Waals surface area contributed by atoms with E-state index in [9.17, 15) is 18.0 Å². The number of ether oxygens (including phenoxy) is 1. The summed E-state index contributed by atoms with van der Waals surface area (Å²) < 4.78 is 32.5. The summed E-state index contributed by atoms with van der Waals surface area (Å²) in [7, 11) is -3.56. The molecule has 166 valence electrons. The van der Waals surface area contributed by atoms with Gasteiger partial charge in [-0.15, -0.1) is 0 Å². The predicted molar refractivity (Wildman–Crippen MR) is 113 cm³/mol. The fourth-order valence-corrected chi connectivity index (χ4v) is 5.47. The molecular weight excluding hydrogens is 404 g/mol. The average Bonchev–Trinajstić information content (AvgIpc) is 2.74. The Balaban J connectivity index is 1.51. The second kappa shape index (κ2) is 9.47. The van der Waals surface area contributed by atoms with Crippen molar-refractivity contribution in [3.63, 3.8) is 0 Å². The first kappa shape index (κ1) is 22.7. The average molecular weight is 437 g/mol. The van der Waals surface area contributed by atoms with Crippen molar-refractivity contribution in [3.8, 4) is 0 Å². The fraction of sp³-hybridized carbons (Fsp3) is 0.636. The second-order valence-corrected chi connectivity index (χ2v) is 10.5. The number of nitrogens with zero attached hydrogens (tertiary/aromatic N) is 2. The van der Waals surface area contributed by atoms with Crippen molar-refractivity contribution < 1.29 is 22.7 Å². The minimum Gasteiger partial charge on any atom is -0.452 e. The van der Waals surface area contributed by atoms with Crippen LogP contribution in [0, 0.1) is 18.8 Å². The summed E-state index contributed by atoms with van der Waals surface area (Å²) in [6.07, 6.45) is 1.93. The third-order valence-electron chi connectivity index (χ3n) is 6.18. The van der Waals surface area contributed by atoms with Gasteiger partial charge < -0.3 is 9.64 Å². The van der Waals surface area contributed by atoms with E-state index in [0.717, 1.165) is 18.4 Å². The number of carbonyl (C=O) groups is 2. The molecule has 0 bridgehead atoms. The van der Waals surface area contributed by atoms with Crippen molar-refractivity contribution in [1.82, 2.24) is 9.21 Å².